The van der Waals surface area contributed by atoms with E-state index in [2.05, 4.69) is 0 Å². The van der Waals surface area contributed by atoms with Crippen molar-refractivity contribution in [3.63, 3.8) is 0 Å². The Morgan fingerprint density at radius 2 is 2.33 bits per heavy atom. The molecule has 1 amide bonds. The van der Waals surface area contributed by atoms with Crippen molar-refractivity contribution >= 4 is 11.6 Å². The number of rotatable bonds is 5. The maximum atomic E-state index is 12.5. The number of carbonyl (C=O) groups excluding carboxylic acids is 1. The van der Waals surface area contributed by atoms with Gasteiger partial charge >= 0.3 is 5.69 Å². The molecule has 1 unspecified atom stereocenters. The van der Waals surface area contributed by atoms with Crippen molar-refractivity contribution in [3.05, 3.63) is 33.9 Å². The van der Waals surface area contributed by atoms with Crippen LogP contribution < -0.4 is 4.74 Å². The van der Waals surface area contributed by atoms with Gasteiger partial charge in [0, 0.05) is 25.8 Å². The molecule has 0 radical (unpaired) electrons. The fourth-order valence-corrected chi connectivity index (χ4v) is 2.66. The van der Waals surface area contributed by atoms with Crippen LogP contribution in [-0.2, 0) is 0 Å². The Balaban J connectivity index is 2.24. The monoisotopic (exact) mass is 294 g/mol. The summed E-state index contributed by atoms with van der Waals surface area (Å²) in [7, 11) is 1.32. The highest BCUT2D eigenvalue weighted by Gasteiger charge is 2.30. The largest absolute Gasteiger partial charge is 0.490 e. The van der Waals surface area contributed by atoms with Gasteiger partial charge in [-0.2, -0.15) is 0 Å². The first-order valence-electron chi connectivity index (χ1n) is 6.80. The minimum absolute atomic E-state index is 0.00175. The van der Waals surface area contributed by atoms with E-state index >= 15 is 0 Å². The number of nitro groups is 1. The van der Waals surface area contributed by atoms with Gasteiger partial charge in [0.05, 0.1) is 17.6 Å². The molecule has 1 N–H and O–H groups in total. The number of methoxy groups -OCH3 is 1. The molecule has 1 aromatic carbocycles. The van der Waals surface area contributed by atoms with E-state index in [0.717, 1.165) is 6.42 Å². The molecule has 0 saturated carbocycles. The minimum atomic E-state index is -0.561. The van der Waals surface area contributed by atoms with Gasteiger partial charge in [0.25, 0.3) is 5.91 Å². The molecule has 0 aromatic heterocycles. The van der Waals surface area contributed by atoms with Crippen molar-refractivity contribution in [2.75, 3.05) is 26.8 Å². The minimum Gasteiger partial charge on any atom is -0.490 e. The maximum absolute atomic E-state index is 12.5. The summed E-state index contributed by atoms with van der Waals surface area (Å²) in [5.41, 5.74) is -0.00852. The predicted molar refractivity (Wildman–Crippen MR) is 75.4 cm³/mol. The Morgan fingerprint density at radius 1 is 1.57 bits per heavy atom. The summed E-state index contributed by atoms with van der Waals surface area (Å²) in [5.74, 6) is 0.0118. The molecule has 1 heterocycles. The fraction of sp³-hybridized carbons (Fsp3) is 0.500. The Hall–Kier alpha value is -2.15. The molecule has 1 atom stereocenters. The van der Waals surface area contributed by atoms with Crippen LogP contribution >= 0.6 is 0 Å². The van der Waals surface area contributed by atoms with Crippen LogP contribution in [0.4, 0.5) is 5.69 Å². The number of carbonyl (C=O) groups is 1. The van der Waals surface area contributed by atoms with Crippen molar-refractivity contribution in [1.29, 1.82) is 0 Å². The Morgan fingerprint density at radius 3 is 2.95 bits per heavy atom. The summed E-state index contributed by atoms with van der Waals surface area (Å²) in [6.45, 7) is 1.26. The molecule has 2 rings (SSSR count). The molecule has 7 nitrogen and oxygen atoms in total. The normalized spacial score (nSPS) is 17.8. The third-order valence-corrected chi connectivity index (χ3v) is 3.74. The van der Waals surface area contributed by atoms with Crippen LogP contribution in [0.3, 0.4) is 0 Å². The van der Waals surface area contributed by atoms with Crippen LogP contribution in [0.2, 0.25) is 0 Å². The fourth-order valence-electron chi connectivity index (χ4n) is 2.66. The first-order valence-corrected chi connectivity index (χ1v) is 6.80. The lowest BCUT2D eigenvalue weighted by Gasteiger charge is -2.18. The first kappa shape index (κ1) is 15.2. The predicted octanol–water partition coefficient (Wildman–Crippen LogP) is 1.45. The zero-order valence-electron chi connectivity index (χ0n) is 11.8. The topological polar surface area (TPSA) is 92.9 Å². The molecule has 0 bridgehead atoms. The quantitative estimate of drug-likeness (QED) is 0.655. The van der Waals surface area contributed by atoms with Gasteiger partial charge in [-0.3, -0.25) is 14.9 Å². The number of nitrogens with zero attached hydrogens (tertiary/aromatic N) is 2. The number of para-hydroxylation sites is 1. The van der Waals surface area contributed by atoms with E-state index in [4.69, 9.17) is 9.84 Å². The third kappa shape index (κ3) is 3.13. The zero-order chi connectivity index (χ0) is 15.4. The highest BCUT2D eigenvalue weighted by atomic mass is 16.6. The van der Waals surface area contributed by atoms with Crippen molar-refractivity contribution in [3.8, 4) is 5.75 Å². The average molecular weight is 294 g/mol. The van der Waals surface area contributed by atoms with Gasteiger partial charge in [-0.05, 0) is 24.8 Å². The molecule has 1 aliphatic rings. The van der Waals surface area contributed by atoms with Gasteiger partial charge in [0.1, 0.15) is 0 Å². The number of amides is 1. The van der Waals surface area contributed by atoms with Crippen LogP contribution in [0.15, 0.2) is 18.2 Å². The van der Waals surface area contributed by atoms with Crippen LogP contribution in [0, 0.1) is 16.0 Å². The van der Waals surface area contributed by atoms with E-state index < -0.39 is 4.92 Å². The van der Waals surface area contributed by atoms with E-state index in [1.165, 1.54) is 25.3 Å². The molecule has 21 heavy (non-hydrogen) atoms. The summed E-state index contributed by atoms with van der Waals surface area (Å²) in [5, 5.41) is 19.9. The average Bonchev–Trinajstić information content (AvgIpc) is 2.94. The van der Waals surface area contributed by atoms with E-state index in [1.807, 2.05) is 0 Å². The molecule has 114 valence electrons. The van der Waals surface area contributed by atoms with Crippen LogP contribution in [-0.4, -0.2) is 47.6 Å². The molecule has 1 saturated heterocycles. The zero-order valence-corrected chi connectivity index (χ0v) is 11.8. The number of benzene rings is 1. The van der Waals surface area contributed by atoms with Gasteiger partial charge in [-0.25, -0.2) is 0 Å². The Labute approximate surface area is 122 Å². The van der Waals surface area contributed by atoms with Crippen LogP contribution in [0.5, 0.6) is 5.75 Å². The standard InChI is InChI=1S/C14H18N2O5/c1-21-13-11(3-2-4-12(13)16(19)20)14(18)15-7-5-10(9-15)6-8-17/h2-4,10,17H,5-9H2,1H3. The molecule has 1 fully saturated rings. The molecule has 0 aliphatic carbocycles. The van der Waals surface area contributed by atoms with E-state index in [1.54, 1.807) is 4.90 Å². The number of nitro benzene ring substituents is 1. The highest BCUT2D eigenvalue weighted by Crippen LogP contribution is 2.32. The van der Waals surface area contributed by atoms with E-state index in [0.29, 0.717) is 19.5 Å². The number of aliphatic hydroxyl groups excluding tert-OH is 1. The third-order valence-electron chi connectivity index (χ3n) is 3.74. The molecular formula is C14H18N2O5. The van der Waals surface area contributed by atoms with Crippen molar-refractivity contribution in [2.45, 2.75) is 12.8 Å². The van der Waals surface area contributed by atoms with Crippen molar-refractivity contribution in [1.82, 2.24) is 4.90 Å². The number of ether oxygens (including phenoxy) is 1. The van der Waals surface area contributed by atoms with Crippen molar-refractivity contribution < 1.29 is 19.6 Å². The molecule has 7 heteroatoms. The lowest BCUT2D eigenvalue weighted by molar-refractivity contribution is -0.385. The second-order valence-electron chi connectivity index (χ2n) is 5.03. The first-order chi connectivity index (χ1) is 10.1. The highest BCUT2D eigenvalue weighted by molar-refractivity contribution is 5.98. The second-order valence-corrected chi connectivity index (χ2v) is 5.03. The molecular weight excluding hydrogens is 276 g/mol. The summed E-state index contributed by atoms with van der Waals surface area (Å²) in [4.78, 5) is 24.6. The molecule has 1 aromatic rings. The number of hydrogen-bond donors (Lipinski definition) is 1. The van der Waals surface area contributed by atoms with Crippen molar-refractivity contribution in [2.24, 2.45) is 5.92 Å². The Kier molecular flexibility index (Phi) is 4.74. The van der Waals surface area contributed by atoms with Gasteiger partial charge in [0.15, 0.2) is 0 Å². The number of aliphatic hydroxyl groups is 1. The lowest BCUT2D eigenvalue weighted by atomic mass is 10.1. The smallest absolute Gasteiger partial charge is 0.311 e. The number of hydrogen-bond acceptors (Lipinski definition) is 5. The summed E-state index contributed by atoms with van der Waals surface area (Å²) in [6, 6.07) is 4.33. The summed E-state index contributed by atoms with van der Waals surface area (Å²) >= 11 is 0. The lowest BCUT2D eigenvalue weighted by Crippen LogP contribution is -2.29. The van der Waals surface area contributed by atoms with Gasteiger partial charge in [0.2, 0.25) is 5.75 Å². The second kappa shape index (κ2) is 6.53. The van der Waals surface area contributed by atoms with Crippen LogP contribution in [0.1, 0.15) is 23.2 Å². The van der Waals surface area contributed by atoms with E-state index in [9.17, 15) is 14.9 Å². The summed E-state index contributed by atoms with van der Waals surface area (Å²) in [6.07, 6.45) is 1.50. The number of likely N-dealkylation sites (tertiary alicyclic amines) is 1. The summed E-state index contributed by atoms with van der Waals surface area (Å²) < 4.78 is 5.06. The Bertz CT molecular complexity index is 546. The van der Waals surface area contributed by atoms with Crippen LogP contribution in [0.25, 0.3) is 0 Å². The van der Waals surface area contributed by atoms with E-state index in [-0.39, 0.29) is 35.4 Å². The molecule has 1 aliphatic heterocycles. The SMILES string of the molecule is COc1c(C(=O)N2CCC(CCO)C2)cccc1[N+](=O)[O-]. The van der Waals surface area contributed by atoms with Gasteiger partial charge in [-0.15, -0.1) is 0 Å². The maximum Gasteiger partial charge on any atom is 0.311 e. The van der Waals surface area contributed by atoms with Gasteiger partial charge < -0.3 is 14.7 Å². The molecule has 0 spiro atoms. The van der Waals surface area contributed by atoms with Gasteiger partial charge in [-0.1, -0.05) is 6.07 Å².